The van der Waals surface area contributed by atoms with Crippen LogP contribution in [0, 0.1) is 12.1 Å². The monoisotopic (exact) mass is 83.0 g/mol. The van der Waals surface area contributed by atoms with Gasteiger partial charge in [-0.3, -0.25) is 4.84 Å². The lowest BCUT2D eigenvalue weighted by Crippen LogP contribution is -1.98. The first-order valence-corrected chi connectivity index (χ1v) is 1.88. The van der Waals surface area contributed by atoms with Crippen LogP contribution in [0.2, 0.25) is 0 Å². The summed E-state index contributed by atoms with van der Waals surface area (Å²) in [6.45, 7) is 2.61. The van der Waals surface area contributed by atoms with Gasteiger partial charge in [-0.2, -0.15) is 0 Å². The fourth-order valence-electron chi connectivity index (χ4n) is 0.214. The van der Waals surface area contributed by atoms with Gasteiger partial charge in [0.15, 0.2) is 0 Å². The van der Waals surface area contributed by atoms with Crippen molar-refractivity contribution in [3.8, 4) is 12.1 Å². The van der Waals surface area contributed by atoms with Gasteiger partial charge in [-0.25, -0.2) is 0 Å². The standard InChI is InChI=1S/C4H5NO/c1-2-6-5-3-4-5/h2H2,1H3. The summed E-state index contributed by atoms with van der Waals surface area (Å²) in [5.41, 5.74) is 0. The van der Waals surface area contributed by atoms with Crippen molar-refractivity contribution in [3.05, 3.63) is 0 Å². The van der Waals surface area contributed by atoms with Crippen molar-refractivity contribution in [2.24, 2.45) is 0 Å². The number of rotatable bonds is 2. The average Bonchev–Trinajstić information content (AvgIpc) is 2.21. The van der Waals surface area contributed by atoms with Crippen LogP contribution in [-0.4, -0.2) is 11.7 Å². The van der Waals surface area contributed by atoms with Gasteiger partial charge in [0.25, 0.3) is 0 Å². The van der Waals surface area contributed by atoms with E-state index in [9.17, 15) is 0 Å². The highest BCUT2D eigenvalue weighted by Crippen LogP contribution is 1.92. The molecule has 0 amide bonds. The van der Waals surface area contributed by atoms with Crippen LogP contribution >= 0.6 is 0 Å². The van der Waals surface area contributed by atoms with Gasteiger partial charge in [0, 0.05) is 0 Å². The molecule has 0 aromatic heterocycles. The normalized spacial score (nSPS) is 13.2. The van der Waals surface area contributed by atoms with E-state index in [0.29, 0.717) is 6.61 Å². The predicted molar refractivity (Wildman–Crippen MR) is 21.2 cm³/mol. The second-order valence-electron chi connectivity index (χ2n) is 0.936. The summed E-state index contributed by atoms with van der Waals surface area (Å²) in [6, 6.07) is 5.19. The molecule has 0 atom stereocenters. The molecule has 0 N–H and O–H groups in total. The van der Waals surface area contributed by atoms with Gasteiger partial charge < -0.3 is 0 Å². The molecule has 1 rings (SSSR count). The van der Waals surface area contributed by atoms with Crippen LogP contribution in [-0.2, 0) is 4.84 Å². The van der Waals surface area contributed by atoms with Crippen LogP contribution < -0.4 is 0 Å². The van der Waals surface area contributed by atoms with Crippen LogP contribution in [0.3, 0.4) is 0 Å². The zero-order chi connectivity index (χ0) is 4.41. The van der Waals surface area contributed by atoms with E-state index < -0.39 is 0 Å². The molecule has 6 heavy (non-hydrogen) atoms. The Morgan fingerprint density at radius 2 is 2.33 bits per heavy atom. The van der Waals surface area contributed by atoms with E-state index >= 15 is 0 Å². The average molecular weight is 83.1 g/mol. The third-order valence-corrected chi connectivity index (χ3v) is 0.461. The lowest BCUT2D eigenvalue weighted by Gasteiger charge is -1.92. The van der Waals surface area contributed by atoms with E-state index in [4.69, 9.17) is 4.84 Å². The number of hydrogen-bond donors (Lipinski definition) is 0. The van der Waals surface area contributed by atoms with Crippen molar-refractivity contribution in [1.82, 2.24) is 5.06 Å². The third-order valence-electron chi connectivity index (χ3n) is 0.461. The highest BCUT2D eigenvalue weighted by atomic mass is 16.7. The summed E-state index contributed by atoms with van der Waals surface area (Å²) in [6.07, 6.45) is 0. The SMILES string of the molecule is CCON1C#C1. The number of nitrogens with zero attached hydrogens (tertiary/aromatic N) is 1. The molecular formula is C4H5NO. The van der Waals surface area contributed by atoms with Gasteiger partial charge in [-0.05, 0) is 6.92 Å². The molecule has 0 aliphatic carbocycles. The maximum absolute atomic E-state index is 4.76. The molecule has 1 aliphatic rings. The molecule has 0 fully saturated rings. The Labute approximate surface area is 36.7 Å². The predicted octanol–water partition coefficient (Wildman–Crippen LogP) is 0.172. The molecule has 0 spiro atoms. The van der Waals surface area contributed by atoms with E-state index in [2.05, 4.69) is 12.1 Å². The van der Waals surface area contributed by atoms with Crippen molar-refractivity contribution in [1.29, 1.82) is 0 Å². The second-order valence-corrected chi connectivity index (χ2v) is 0.936. The summed E-state index contributed by atoms with van der Waals surface area (Å²) in [7, 11) is 0. The summed E-state index contributed by atoms with van der Waals surface area (Å²) < 4.78 is 0. The molecule has 0 aromatic carbocycles. The molecule has 2 nitrogen and oxygen atoms in total. The van der Waals surface area contributed by atoms with Gasteiger partial charge >= 0.3 is 0 Å². The lowest BCUT2D eigenvalue weighted by molar-refractivity contribution is -0.0327. The zero-order valence-corrected chi connectivity index (χ0v) is 3.56. The van der Waals surface area contributed by atoms with E-state index in [-0.39, 0.29) is 0 Å². The Bertz CT molecular complexity index is 91.9. The number of hydrogen-bond acceptors (Lipinski definition) is 2. The molecule has 0 radical (unpaired) electrons. The maximum Gasteiger partial charge on any atom is 0.0764 e. The van der Waals surface area contributed by atoms with E-state index in [0.717, 1.165) is 0 Å². The zero-order valence-electron chi connectivity index (χ0n) is 3.56. The van der Waals surface area contributed by atoms with Gasteiger partial charge in [-0.1, -0.05) is 0 Å². The molecule has 1 aliphatic heterocycles. The largest absolute Gasteiger partial charge is 0.253 e. The fraction of sp³-hybridized carbons (Fsp3) is 0.500. The van der Waals surface area contributed by atoms with Crippen molar-refractivity contribution >= 4 is 0 Å². The highest BCUT2D eigenvalue weighted by Gasteiger charge is 2.00. The van der Waals surface area contributed by atoms with Crippen LogP contribution in [0.4, 0.5) is 0 Å². The Hall–Kier alpha value is -0.680. The Morgan fingerprint density at radius 1 is 1.67 bits per heavy atom. The smallest absolute Gasteiger partial charge is 0.0764 e. The van der Waals surface area contributed by atoms with E-state index in [1.165, 1.54) is 5.06 Å². The third kappa shape index (κ3) is 0.631. The molecule has 0 bridgehead atoms. The van der Waals surface area contributed by atoms with Gasteiger partial charge in [-0.15, -0.1) is 5.06 Å². The van der Waals surface area contributed by atoms with Crippen LogP contribution in [0.1, 0.15) is 6.92 Å². The second kappa shape index (κ2) is 1.19. The molecule has 0 saturated heterocycles. The first-order chi connectivity index (χ1) is 2.93. The molecule has 2 heteroatoms. The first-order valence-electron chi connectivity index (χ1n) is 1.88. The van der Waals surface area contributed by atoms with Crippen LogP contribution in [0.5, 0.6) is 0 Å². The fourth-order valence-corrected chi connectivity index (χ4v) is 0.214. The summed E-state index contributed by atoms with van der Waals surface area (Å²) in [5, 5.41) is 1.43. The Balaban J connectivity index is 1.91. The van der Waals surface area contributed by atoms with Crippen LogP contribution in [0.25, 0.3) is 0 Å². The minimum absolute atomic E-state index is 0.694. The summed E-state index contributed by atoms with van der Waals surface area (Å²) in [4.78, 5) is 4.76. The molecular weight excluding hydrogens is 78.0 g/mol. The van der Waals surface area contributed by atoms with Gasteiger partial charge in [0.05, 0.1) is 18.7 Å². The first kappa shape index (κ1) is 3.51. The minimum atomic E-state index is 0.694. The highest BCUT2D eigenvalue weighted by molar-refractivity contribution is 5.13. The van der Waals surface area contributed by atoms with Crippen molar-refractivity contribution in [2.45, 2.75) is 6.92 Å². The molecule has 0 unspecified atom stereocenters. The molecule has 0 aromatic rings. The van der Waals surface area contributed by atoms with E-state index in [1.54, 1.807) is 0 Å². The maximum atomic E-state index is 4.76. The summed E-state index contributed by atoms with van der Waals surface area (Å²) >= 11 is 0. The molecule has 32 valence electrons. The minimum Gasteiger partial charge on any atom is -0.253 e. The van der Waals surface area contributed by atoms with Crippen molar-refractivity contribution < 1.29 is 4.84 Å². The van der Waals surface area contributed by atoms with Crippen molar-refractivity contribution in [2.75, 3.05) is 6.61 Å². The topological polar surface area (TPSA) is 12.2 Å². The van der Waals surface area contributed by atoms with Gasteiger partial charge in [0.2, 0.25) is 0 Å². The quantitative estimate of drug-likeness (QED) is 0.441. The van der Waals surface area contributed by atoms with Crippen molar-refractivity contribution in [3.63, 3.8) is 0 Å². The Morgan fingerprint density at radius 3 is 2.50 bits per heavy atom. The number of hydroxylamine groups is 2. The Kier molecular flexibility index (Phi) is 0.697. The van der Waals surface area contributed by atoms with E-state index in [1.807, 2.05) is 6.92 Å². The molecule has 1 heterocycles. The van der Waals surface area contributed by atoms with Gasteiger partial charge in [0.1, 0.15) is 0 Å². The summed E-state index contributed by atoms with van der Waals surface area (Å²) in [5.74, 6) is 0. The van der Waals surface area contributed by atoms with Crippen LogP contribution in [0.15, 0.2) is 0 Å². The molecule has 0 saturated carbocycles. The lowest BCUT2D eigenvalue weighted by atomic mass is 10.9.